The van der Waals surface area contributed by atoms with E-state index >= 15 is 0 Å². The monoisotopic (exact) mass is 369 g/mol. The van der Waals surface area contributed by atoms with Gasteiger partial charge in [0.1, 0.15) is 16.8 Å². The zero-order valence-electron chi connectivity index (χ0n) is 10.5. The molecule has 2 rings (SSSR count). The zero-order valence-corrected chi connectivity index (χ0v) is 12.9. The van der Waals surface area contributed by atoms with Crippen molar-refractivity contribution in [1.29, 1.82) is 5.26 Å². The van der Waals surface area contributed by atoms with E-state index in [-0.39, 0.29) is 21.8 Å². The Morgan fingerprint density at radius 1 is 1.24 bits per heavy atom. The summed E-state index contributed by atoms with van der Waals surface area (Å²) >= 11 is 3.08. The topological polar surface area (TPSA) is 96.0 Å². The average molecular weight is 370 g/mol. The summed E-state index contributed by atoms with van der Waals surface area (Å²) in [6, 6.07) is 9.45. The van der Waals surface area contributed by atoms with E-state index < -0.39 is 15.8 Å². The second-order valence-corrected chi connectivity index (χ2v) is 6.66. The number of rotatable bonds is 3. The van der Waals surface area contributed by atoms with E-state index in [1.807, 2.05) is 0 Å². The highest BCUT2D eigenvalue weighted by Crippen LogP contribution is 2.24. The Hall–Kier alpha value is -2.11. The van der Waals surface area contributed by atoms with Crippen LogP contribution in [0.4, 0.5) is 15.8 Å². The largest absolute Gasteiger partial charge is 0.399 e. The molecule has 0 bridgehead atoms. The van der Waals surface area contributed by atoms with Gasteiger partial charge in [0, 0.05) is 10.2 Å². The van der Waals surface area contributed by atoms with Gasteiger partial charge in [-0.2, -0.15) is 5.26 Å². The molecule has 0 atom stereocenters. The van der Waals surface area contributed by atoms with E-state index in [1.165, 1.54) is 30.3 Å². The molecule has 0 radical (unpaired) electrons. The fraction of sp³-hybridized carbons (Fsp3) is 0. The lowest BCUT2D eigenvalue weighted by atomic mass is 10.2. The fourth-order valence-electron chi connectivity index (χ4n) is 1.64. The number of nitrogens with two attached hydrogens (primary N) is 1. The van der Waals surface area contributed by atoms with Crippen LogP contribution in [-0.2, 0) is 10.0 Å². The molecule has 0 aromatic heterocycles. The molecule has 2 aromatic carbocycles. The number of anilines is 2. The number of nitrogen functional groups attached to an aromatic ring is 1. The maximum absolute atomic E-state index is 13.7. The van der Waals surface area contributed by atoms with Crippen LogP contribution >= 0.6 is 15.9 Å². The number of sulfonamides is 1. The molecule has 21 heavy (non-hydrogen) atoms. The van der Waals surface area contributed by atoms with E-state index in [0.717, 1.165) is 6.07 Å². The average Bonchev–Trinajstić information content (AvgIpc) is 2.41. The van der Waals surface area contributed by atoms with Gasteiger partial charge in [-0.05, 0) is 36.4 Å². The van der Waals surface area contributed by atoms with Crippen molar-refractivity contribution in [2.45, 2.75) is 4.90 Å². The van der Waals surface area contributed by atoms with Gasteiger partial charge in [-0.1, -0.05) is 15.9 Å². The van der Waals surface area contributed by atoms with Gasteiger partial charge in [0.05, 0.1) is 11.3 Å². The summed E-state index contributed by atoms with van der Waals surface area (Å²) in [5, 5.41) is 8.99. The second-order valence-electron chi connectivity index (χ2n) is 4.10. The molecule has 0 amide bonds. The predicted molar refractivity (Wildman–Crippen MR) is 80.5 cm³/mol. The van der Waals surface area contributed by atoms with Crippen molar-refractivity contribution in [3.63, 3.8) is 0 Å². The molecule has 0 aliphatic heterocycles. The van der Waals surface area contributed by atoms with Crippen LogP contribution in [0.2, 0.25) is 0 Å². The number of nitriles is 1. The van der Waals surface area contributed by atoms with Gasteiger partial charge in [-0.25, -0.2) is 12.8 Å². The third-order valence-electron chi connectivity index (χ3n) is 2.59. The highest BCUT2D eigenvalue weighted by molar-refractivity contribution is 9.10. The van der Waals surface area contributed by atoms with E-state index in [0.29, 0.717) is 4.47 Å². The third-order valence-corrected chi connectivity index (χ3v) is 4.51. The molecule has 2 aromatic rings. The summed E-state index contributed by atoms with van der Waals surface area (Å²) in [6.45, 7) is 0. The molecule has 0 heterocycles. The highest BCUT2D eigenvalue weighted by Gasteiger charge is 2.20. The van der Waals surface area contributed by atoms with Crippen LogP contribution in [-0.4, -0.2) is 8.42 Å². The Morgan fingerprint density at radius 2 is 1.95 bits per heavy atom. The summed E-state index contributed by atoms with van der Waals surface area (Å²) in [5.74, 6) is -0.734. The quantitative estimate of drug-likeness (QED) is 0.812. The Bertz CT molecular complexity index is 847. The summed E-state index contributed by atoms with van der Waals surface area (Å²) in [4.78, 5) is -0.262. The number of nitrogens with one attached hydrogen (secondary N) is 1. The van der Waals surface area contributed by atoms with Gasteiger partial charge in [0.25, 0.3) is 10.0 Å². The normalized spacial score (nSPS) is 10.9. The van der Waals surface area contributed by atoms with Gasteiger partial charge in [0.2, 0.25) is 0 Å². The Balaban J connectivity index is 2.46. The molecule has 0 spiro atoms. The summed E-state index contributed by atoms with van der Waals surface area (Å²) in [7, 11) is -4.09. The first kappa shape index (κ1) is 15.3. The van der Waals surface area contributed by atoms with E-state index in [2.05, 4.69) is 20.7 Å². The minimum absolute atomic E-state index is 0.111. The lowest BCUT2D eigenvalue weighted by Crippen LogP contribution is -2.15. The third kappa shape index (κ3) is 3.32. The van der Waals surface area contributed by atoms with Crippen molar-refractivity contribution in [1.82, 2.24) is 0 Å². The lowest BCUT2D eigenvalue weighted by molar-refractivity contribution is 0.598. The molecule has 3 N–H and O–H groups in total. The van der Waals surface area contributed by atoms with Crippen LogP contribution in [0.3, 0.4) is 0 Å². The molecule has 0 saturated heterocycles. The number of nitrogens with zero attached hydrogens (tertiary/aromatic N) is 1. The Morgan fingerprint density at radius 3 is 2.57 bits per heavy atom. The molecular weight excluding hydrogens is 361 g/mol. The molecule has 5 nitrogen and oxygen atoms in total. The van der Waals surface area contributed by atoms with Gasteiger partial charge in [-0.15, -0.1) is 0 Å². The molecule has 0 fully saturated rings. The van der Waals surface area contributed by atoms with Crippen molar-refractivity contribution >= 4 is 37.3 Å². The molecule has 0 saturated carbocycles. The summed E-state index contributed by atoms with van der Waals surface area (Å²) in [6.07, 6.45) is 0. The first-order chi connectivity index (χ1) is 9.83. The summed E-state index contributed by atoms with van der Waals surface area (Å²) < 4.78 is 40.8. The van der Waals surface area contributed by atoms with E-state index in [9.17, 15) is 12.8 Å². The van der Waals surface area contributed by atoms with E-state index in [1.54, 1.807) is 6.07 Å². The van der Waals surface area contributed by atoms with Crippen molar-refractivity contribution < 1.29 is 12.8 Å². The van der Waals surface area contributed by atoms with Crippen LogP contribution in [0.25, 0.3) is 0 Å². The second kappa shape index (κ2) is 5.71. The molecular formula is C13H9BrFN3O2S. The number of hydrogen-bond acceptors (Lipinski definition) is 4. The molecule has 0 aliphatic carbocycles. The van der Waals surface area contributed by atoms with Crippen molar-refractivity contribution in [3.8, 4) is 6.07 Å². The van der Waals surface area contributed by atoms with Gasteiger partial charge in [0.15, 0.2) is 0 Å². The smallest absolute Gasteiger partial charge is 0.263 e. The molecule has 0 unspecified atom stereocenters. The predicted octanol–water partition coefficient (Wildman–Crippen LogP) is 2.84. The maximum atomic E-state index is 13.7. The van der Waals surface area contributed by atoms with Crippen molar-refractivity contribution in [3.05, 3.63) is 52.3 Å². The standard InChI is InChI=1S/C13H9BrFN3O2S/c14-9-1-3-12(11(15)6-9)18-21(19,20)13-4-2-10(17)5-8(13)7-16/h1-6,18H,17H2. The Labute approximate surface area is 129 Å². The maximum Gasteiger partial charge on any atom is 0.263 e. The van der Waals surface area contributed by atoms with Crippen LogP contribution < -0.4 is 10.5 Å². The molecule has 0 aliphatic rings. The highest BCUT2D eigenvalue weighted by atomic mass is 79.9. The van der Waals surface area contributed by atoms with Crippen LogP contribution in [0.15, 0.2) is 45.8 Å². The number of hydrogen-bond donors (Lipinski definition) is 2. The number of halogens is 2. The SMILES string of the molecule is N#Cc1cc(N)ccc1S(=O)(=O)Nc1ccc(Br)cc1F. The van der Waals surface area contributed by atoms with Crippen LogP contribution in [0.5, 0.6) is 0 Å². The van der Waals surface area contributed by atoms with Crippen molar-refractivity contribution in [2.75, 3.05) is 10.5 Å². The van der Waals surface area contributed by atoms with Gasteiger partial charge < -0.3 is 5.73 Å². The molecule has 8 heteroatoms. The minimum atomic E-state index is -4.09. The summed E-state index contributed by atoms with van der Waals surface area (Å²) in [5.41, 5.74) is 5.45. The van der Waals surface area contributed by atoms with Crippen LogP contribution in [0.1, 0.15) is 5.56 Å². The Kier molecular flexibility index (Phi) is 4.16. The van der Waals surface area contributed by atoms with Crippen LogP contribution in [0, 0.1) is 17.1 Å². The van der Waals surface area contributed by atoms with Crippen molar-refractivity contribution in [2.24, 2.45) is 0 Å². The van der Waals surface area contributed by atoms with Gasteiger partial charge >= 0.3 is 0 Å². The lowest BCUT2D eigenvalue weighted by Gasteiger charge is -2.10. The minimum Gasteiger partial charge on any atom is -0.399 e. The zero-order chi connectivity index (χ0) is 15.6. The first-order valence-electron chi connectivity index (χ1n) is 5.61. The fourth-order valence-corrected chi connectivity index (χ4v) is 3.18. The van der Waals surface area contributed by atoms with Gasteiger partial charge in [-0.3, -0.25) is 4.72 Å². The molecule has 108 valence electrons. The number of benzene rings is 2. The van der Waals surface area contributed by atoms with E-state index in [4.69, 9.17) is 11.0 Å². The first-order valence-corrected chi connectivity index (χ1v) is 7.88.